The van der Waals surface area contributed by atoms with Crippen LogP contribution in [0.1, 0.15) is 18.9 Å². The Balaban J connectivity index is 1.42. The standard InChI is InChI=1S/C20H21NO5S/c1-13-3-6-16(7-4-13)27-10-9-19(22)26-14(2)20(23)21-15-5-8-17-18(11-15)25-12-24-17/h3-8,11,14H,9-10,12H2,1-2H3,(H,21,23). The topological polar surface area (TPSA) is 73.9 Å². The summed E-state index contributed by atoms with van der Waals surface area (Å²) in [7, 11) is 0. The maximum Gasteiger partial charge on any atom is 0.307 e. The third-order valence-corrected chi connectivity index (χ3v) is 4.93. The molecule has 0 radical (unpaired) electrons. The number of ether oxygens (including phenoxy) is 3. The summed E-state index contributed by atoms with van der Waals surface area (Å²) in [4.78, 5) is 25.3. The SMILES string of the molecule is Cc1ccc(SCCC(=O)OC(C)C(=O)Nc2ccc3c(c2)OCO3)cc1. The number of thioether (sulfide) groups is 1. The van der Waals surface area contributed by atoms with E-state index in [9.17, 15) is 9.59 Å². The van der Waals surface area contributed by atoms with Gasteiger partial charge in [-0.2, -0.15) is 0 Å². The summed E-state index contributed by atoms with van der Waals surface area (Å²) in [6.45, 7) is 3.75. The lowest BCUT2D eigenvalue weighted by Crippen LogP contribution is -2.30. The third kappa shape index (κ3) is 5.40. The Morgan fingerprint density at radius 3 is 2.67 bits per heavy atom. The summed E-state index contributed by atoms with van der Waals surface area (Å²) < 4.78 is 15.7. The number of nitrogens with one attached hydrogen (secondary N) is 1. The van der Waals surface area contributed by atoms with E-state index in [2.05, 4.69) is 5.32 Å². The Labute approximate surface area is 162 Å². The highest BCUT2D eigenvalue weighted by molar-refractivity contribution is 7.99. The molecule has 0 saturated heterocycles. The van der Waals surface area contributed by atoms with Crippen molar-refractivity contribution in [2.75, 3.05) is 17.9 Å². The van der Waals surface area contributed by atoms with Gasteiger partial charge in [0.05, 0.1) is 6.42 Å². The minimum atomic E-state index is -0.882. The van der Waals surface area contributed by atoms with Gasteiger partial charge in [-0.1, -0.05) is 17.7 Å². The van der Waals surface area contributed by atoms with Crippen LogP contribution in [0.4, 0.5) is 5.69 Å². The van der Waals surface area contributed by atoms with Crippen molar-refractivity contribution in [3.63, 3.8) is 0 Å². The lowest BCUT2D eigenvalue weighted by molar-refractivity contribution is -0.152. The molecule has 0 aromatic heterocycles. The van der Waals surface area contributed by atoms with E-state index in [1.165, 1.54) is 5.56 Å². The number of benzene rings is 2. The van der Waals surface area contributed by atoms with Crippen LogP contribution in [0.3, 0.4) is 0 Å². The fraction of sp³-hybridized carbons (Fsp3) is 0.300. The molecule has 7 heteroatoms. The van der Waals surface area contributed by atoms with Crippen LogP contribution in [-0.4, -0.2) is 30.5 Å². The number of carbonyl (C=O) groups is 2. The molecule has 1 aliphatic heterocycles. The predicted molar refractivity (Wildman–Crippen MR) is 103 cm³/mol. The molecule has 1 atom stereocenters. The molecule has 3 rings (SSSR count). The van der Waals surface area contributed by atoms with E-state index in [4.69, 9.17) is 14.2 Å². The molecular weight excluding hydrogens is 366 g/mol. The van der Waals surface area contributed by atoms with Gasteiger partial charge in [0.2, 0.25) is 6.79 Å². The zero-order valence-corrected chi connectivity index (χ0v) is 16.0. The summed E-state index contributed by atoms with van der Waals surface area (Å²) in [5.74, 6) is 1.01. The minimum Gasteiger partial charge on any atom is -0.454 e. The van der Waals surface area contributed by atoms with Crippen molar-refractivity contribution < 1.29 is 23.8 Å². The van der Waals surface area contributed by atoms with E-state index in [1.807, 2.05) is 31.2 Å². The summed E-state index contributed by atoms with van der Waals surface area (Å²) in [5, 5.41) is 2.71. The number of amides is 1. The van der Waals surface area contributed by atoms with E-state index in [1.54, 1.807) is 36.9 Å². The molecule has 1 unspecified atom stereocenters. The number of anilines is 1. The Kier molecular flexibility index (Phi) is 6.24. The molecule has 2 aromatic rings. The second-order valence-electron chi connectivity index (χ2n) is 6.10. The van der Waals surface area contributed by atoms with Crippen molar-refractivity contribution in [3.8, 4) is 11.5 Å². The Morgan fingerprint density at radius 1 is 1.15 bits per heavy atom. The second-order valence-corrected chi connectivity index (χ2v) is 7.27. The van der Waals surface area contributed by atoms with Gasteiger partial charge in [0.15, 0.2) is 17.6 Å². The summed E-state index contributed by atoms with van der Waals surface area (Å²) in [5.41, 5.74) is 1.75. The number of hydrogen-bond acceptors (Lipinski definition) is 6. The number of hydrogen-bond donors (Lipinski definition) is 1. The van der Waals surface area contributed by atoms with Crippen LogP contribution in [0, 0.1) is 6.92 Å². The van der Waals surface area contributed by atoms with Gasteiger partial charge in [-0.3, -0.25) is 9.59 Å². The Hall–Kier alpha value is -2.67. The number of fused-ring (bicyclic) bond motifs is 1. The van der Waals surface area contributed by atoms with Gasteiger partial charge in [-0.25, -0.2) is 0 Å². The number of rotatable bonds is 7. The lowest BCUT2D eigenvalue weighted by Gasteiger charge is -2.13. The summed E-state index contributed by atoms with van der Waals surface area (Å²) >= 11 is 1.58. The van der Waals surface area contributed by atoms with Crippen LogP contribution in [0.25, 0.3) is 0 Å². The van der Waals surface area contributed by atoms with Crippen LogP contribution in [0.15, 0.2) is 47.4 Å². The lowest BCUT2D eigenvalue weighted by atomic mass is 10.2. The zero-order chi connectivity index (χ0) is 19.2. The van der Waals surface area contributed by atoms with Gasteiger partial charge in [0, 0.05) is 22.4 Å². The first-order valence-electron chi connectivity index (χ1n) is 8.61. The molecule has 0 saturated carbocycles. The largest absolute Gasteiger partial charge is 0.454 e. The van der Waals surface area contributed by atoms with Crippen LogP contribution >= 0.6 is 11.8 Å². The number of carbonyl (C=O) groups excluding carboxylic acids is 2. The zero-order valence-electron chi connectivity index (χ0n) is 15.2. The first kappa shape index (κ1) is 19.1. The average Bonchev–Trinajstić information content (AvgIpc) is 3.11. The van der Waals surface area contributed by atoms with E-state index >= 15 is 0 Å². The molecule has 0 aliphatic carbocycles. The highest BCUT2D eigenvalue weighted by Crippen LogP contribution is 2.34. The average molecular weight is 387 g/mol. The van der Waals surface area contributed by atoms with Gasteiger partial charge in [0.1, 0.15) is 0 Å². The molecule has 2 aromatic carbocycles. The first-order chi connectivity index (χ1) is 13.0. The van der Waals surface area contributed by atoms with Crippen LogP contribution in [0.2, 0.25) is 0 Å². The molecule has 0 spiro atoms. The maximum absolute atomic E-state index is 12.2. The fourth-order valence-electron chi connectivity index (χ4n) is 2.41. The quantitative estimate of drug-likeness (QED) is 0.576. The van der Waals surface area contributed by atoms with Crippen molar-refractivity contribution in [1.29, 1.82) is 0 Å². The normalized spacial score (nSPS) is 13.1. The molecule has 0 fully saturated rings. The van der Waals surface area contributed by atoms with Crippen molar-refractivity contribution in [3.05, 3.63) is 48.0 Å². The molecular formula is C20H21NO5S. The molecule has 1 heterocycles. The van der Waals surface area contributed by atoms with Crippen molar-refractivity contribution in [2.24, 2.45) is 0 Å². The van der Waals surface area contributed by atoms with Crippen molar-refractivity contribution in [2.45, 2.75) is 31.3 Å². The number of aryl methyl sites for hydroxylation is 1. The van der Waals surface area contributed by atoms with Crippen molar-refractivity contribution in [1.82, 2.24) is 0 Å². The van der Waals surface area contributed by atoms with Crippen LogP contribution < -0.4 is 14.8 Å². The second kappa shape index (κ2) is 8.81. The van der Waals surface area contributed by atoms with E-state index in [0.717, 1.165) is 4.90 Å². The maximum atomic E-state index is 12.2. The molecule has 1 N–H and O–H groups in total. The van der Waals surface area contributed by atoms with Gasteiger partial charge in [-0.05, 0) is 38.1 Å². The highest BCUT2D eigenvalue weighted by atomic mass is 32.2. The predicted octanol–water partition coefficient (Wildman–Crippen LogP) is 3.78. The van der Waals surface area contributed by atoms with Gasteiger partial charge < -0.3 is 19.5 Å². The van der Waals surface area contributed by atoms with Crippen molar-refractivity contribution >= 4 is 29.3 Å². The van der Waals surface area contributed by atoms with Gasteiger partial charge in [-0.15, -0.1) is 11.8 Å². The smallest absolute Gasteiger partial charge is 0.307 e. The molecule has 27 heavy (non-hydrogen) atoms. The Morgan fingerprint density at radius 2 is 1.89 bits per heavy atom. The highest BCUT2D eigenvalue weighted by Gasteiger charge is 2.19. The summed E-state index contributed by atoms with van der Waals surface area (Å²) in [6, 6.07) is 13.2. The summed E-state index contributed by atoms with van der Waals surface area (Å²) in [6.07, 6.45) is -0.646. The van der Waals surface area contributed by atoms with E-state index < -0.39 is 18.0 Å². The molecule has 1 amide bonds. The fourth-order valence-corrected chi connectivity index (χ4v) is 3.25. The minimum absolute atomic E-state index is 0.168. The number of esters is 1. The Bertz CT molecular complexity index is 822. The van der Waals surface area contributed by atoms with Gasteiger partial charge in [0.25, 0.3) is 5.91 Å². The first-order valence-corrected chi connectivity index (χ1v) is 9.59. The van der Waals surface area contributed by atoms with Crippen LogP contribution in [0.5, 0.6) is 11.5 Å². The molecule has 1 aliphatic rings. The monoisotopic (exact) mass is 387 g/mol. The van der Waals surface area contributed by atoms with E-state index in [-0.39, 0.29) is 13.2 Å². The molecule has 142 valence electrons. The third-order valence-electron chi connectivity index (χ3n) is 3.91. The molecule has 6 nitrogen and oxygen atoms in total. The molecule has 0 bridgehead atoms. The van der Waals surface area contributed by atoms with Gasteiger partial charge >= 0.3 is 5.97 Å². The van der Waals surface area contributed by atoms with Crippen LogP contribution in [-0.2, 0) is 14.3 Å². The van der Waals surface area contributed by atoms with E-state index in [0.29, 0.717) is 22.9 Å².